The van der Waals surface area contributed by atoms with Crippen molar-refractivity contribution in [2.24, 2.45) is 0 Å². The van der Waals surface area contributed by atoms with Gasteiger partial charge in [-0.25, -0.2) is 0 Å². The van der Waals surface area contributed by atoms with Gasteiger partial charge in [-0.1, -0.05) is 6.07 Å². The van der Waals surface area contributed by atoms with Crippen LogP contribution in [-0.4, -0.2) is 12.6 Å². The molecule has 0 atom stereocenters. The van der Waals surface area contributed by atoms with E-state index in [1.165, 1.54) is 0 Å². The molecular weight excluding hydrogens is 190 g/mol. The van der Waals surface area contributed by atoms with E-state index < -0.39 is 0 Å². The quantitative estimate of drug-likeness (QED) is 0.607. The standard InChI is InChI=1S/C12H17NO2/c1-3-15-12(14)7-5-10-4-6-11(13)8-9(10)2/h4,6,8H,3,5,7,13H2,1-2H3. The Kier molecular flexibility index (Phi) is 4.16. The van der Waals surface area contributed by atoms with E-state index in [9.17, 15) is 4.79 Å². The zero-order valence-corrected chi connectivity index (χ0v) is 9.25. The molecule has 0 unspecified atom stereocenters. The van der Waals surface area contributed by atoms with Gasteiger partial charge in [0.1, 0.15) is 0 Å². The molecule has 0 fully saturated rings. The average molecular weight is 207 g/mol. The third-order valence-electron chi connectivity index (χ3n) is 2.27. The van der Waals surface area contributed by atoms with E-state index >= 15 is 0 Å². The Labute approximate surface area is 90.2 Å². The number of ether oxygens (including phenoxy) is 1. The Morgan fingerprint density at radius 3 is 2.80 bits per heavy atom. The molecule has 0 saturated carbocycles. The molecule has 0 aliphatic rings. The molecule has 82 valence electrons. The Hall–Kier alpha value is -1.51. The first-order valence-corrected chi connectivity index (χ1v) is 5.14. The predicted molar refractivity (Wildman–Crippen MR) is 60.5 cm³/mol. The summed E-state index contributed by atoms with van der Waals surface area (Å²) in [4.78, 5) is 11.1. The van der Waals surface area contributed by atoms with E-state index in [0.29, 0.717) is 19.4 Å². The van der Waals surface area contributed by atoms with Gasteiger partial charge in [0.05, 0.1) is 6.61 Å². The number of carbonyl (C=O) groups is 1. The van der Waals surface area contributed by atoms with Crippen LogP contribution in [0.5, 0.6) is 0 Å². The number of hydrogen-bond donors (Lipinski definition) is 1. The number of hydrogen-bond acceptors (Lipinski definition) is 3. The van der Waals surface area contributed by atoms with Crippen LogP contribution < -0.4 is 5.73 Å². The van der Waals surface area contributed by atoms with Crippen molar-refractivity contribution in [3.05, 3.63) is 29.3 Å². The van der Waals surface area contributed by atoms with Gasteiger partial charge in [-0.15, -0.1) is 0 Å². The molecule has 0 aromatic heterocycles. The second kappa shape index (κ2) is 5.39. The number of anilines is 1. The summed E-state index contributed by atoms with van der Waals surface area (Å²) in [5.74, 6) is -0.145. The molecule has 0 spiro atoms. The normalized spacial score (nSPS) is 10.0. The van der Waals surface area contributed by atoms with Crippen molar-refractivity contribution >= 4 is 11.7 Å². The van der Waals surface area contributed by atoms with Crippen LogP contribution in [0.2, 0.25) is 0 Å². The summed E-state index contributed by atoms with van der Waals surface area (Å²) in [6, 6.07) is 5.73. The summed E-state index contributed by atoms with van der Waals surface area (Å²) in [6.45, 7) is 4.25. The molecule has 1 rings (SSSR count). The van der Waals surface area contributed by atoms with Crippen molar-refractivity contribution in [1.29, 1.82) is 0 Å². The van der Waals surface area contributed by atoms with E-state index in [-0.39, 0.29) is 5.97 Å². The van der Waals surface area contributed by atoms with Crippen molar-refractivity contribution in [2.45, 2.75) is 26.7 Å². The lowest BCUT2D eigenvalue weighted by Crippen LogP contribution is -2.05. The maximum atomic E-state index is 11.1. The van der Waals surface area contributed by atoms with Crippen molar-refractivity contribution in [3.8, 4) is 0 Å². The molecule has 2 N–H and O–H groups in total. The Bertz CT molecular complexity index is 347. The topological polar surface area (TPSA) is 52.3 Å². The van der Waals surface area contributed by atoms with E-state index in [1.807, 2.05) is 32.0 Å². The highest BCUT2D eigenvalue weighted by Crippen LogP contribution is 2.14. The minimum Gasteiger partial charge on any atom is -0.466 e. The Morgan fingerprint density at radius 2 is 2.20 bits per heavy atom. The van der Waals surface area contributed by atoms with Crippen molar-refractivity contribution in [1.82, 2.24) is 0 Å². The maximum absolute atomic E-state index is 11.1. The zero-order chi connectivity index (χ0) is 11.3. The summed E-state index contributed by atoms with van der Waals surface area (Å²) in [5, 5.41) is 0. The summed E-state index contributed by atoms with van der Waals surface area (Å²) < 4.78 is 4.86. The molecule has 0 radical (unpaired) electrons. The van der Waals surface area contributed by atoms with Gasteiger partial charge in [0.25, 0.3) is 0 Å². The van der Waals surface area contributed by atoms with Gasteiger partial charge in [0.15, 0.2) is 0 Å². The van der Waals surface area contributed by atoms with Crippen LogP contribution in [-0.2, 0) is 16.0 Å². The van der Waals surface area contributed by atoms with Crippen molar-refractivity contribution in [2.75, 3.05) is 12.3 Å². The van der Waals surface area contributed by atoms with Gasteiger partial charge in [-0.3, -0.25) is 4.79 Å². The molecule has 0 heterocycles. The molecule has 1 aromatic carbocycles. The third kappa shape index (κ3) is 3.62. The third-order valence-corrected chi connectivity index (χ3v) is 2.27. The first-order valence-electron chi connectivity index (χ1n) is 5.14. The highest BCUT2D eigenvalue weighted by Gasteiger charge is 2.04. The zero-order valence-electron chi connectivity index (χ0n) is 9.25. The van der Waals surface area contributed by atoms with E-state index in [1.54, 1.807) is 0 Å². The first kappa shape index (κ1) is 11.6. The first-order chi connectivity index (χ1) is 7.13. The fourth-order valence-corrected chi connectivity index (χ4v) is 1.47. The number of rotatable bonds is 4. The van der Waals surface area contributed by atoms with Gasteiger partial charge in [0, 0.05) is 12.1 Å². The molecule has 0 aliphatic carbocycles. The number of esters is 1. The fraction of sp³-hybridized carbons (Fsp3) is 0.417. The highest BCUT2D eigenvalue weighted by atomic mass is 16.5. The lowest BCUT2D eigenvalue weighted by Gasteiger charge is -2.06. The van der Waals surface area contributed by atoms with Crippen LogP contribution in [0.3, 0.4) is 0 Å². The number of carbonyl (C=O) groups excluding carboxylic acids is 1. The van der Waals surface area contributed by atoms with E-state index in [0.717, 1.165) is 16.8 Å². The molecule has 1 aromatic rings. The molecule has 3 nitrogen and oxygen atoms in total. The maximum Gasteiger partial charge on any atom is 0.306 e. The minimum absolute atomic E-state index is 0.145. The average Bonchev–Trinajstić information content (AvgIpc) is 2.17. The largest absolute Gasteiger partial charge is 0.466 e. The highest BCUT2D eigenvalue weighted by molar-refractivity contribution is 5.69. The smallest absolute Gasteiger partial charge is 0.306 e. The SMILES string of the molecule is CCOC(=O)CCc1ccc(N)cc1C. The second-order valence-electron chi connectivity index (χ2n) is 3.49. The van der Waals surface area contributed by atoms with Crippen molar-refractivity contribution < 1.29 is 9.53 Å². The van der Waals surface area contributed by atoms with E-state index in [4.69, 9.17) is 10.5 Å². The minimum atomic E-state index is -0.145. The molecule has 0 amide bonds. The molecule has 3 heteroatoms. The summed E-state index contributed by atoms with van der Waals surface area (Å²) in [7, 11) is 0. The van der Waals surface area contributed by atoms with Crippen LogP contribution in [0.4, 0.5) is 5.69 Å². The fourth-order valence-electron chi connectivity index (χ4n) is 1.47. The monoisotopic (exact) mass is 207 g/mol. The van der Waals surface area contributed by atoms with Gasteiger partial charge >= 0.3 is 5.97 Å². The summed E-state index contributed by atoms with van der Waals surface area (Å²) >= 11 is 0. The molecule has 0 bridgehead atoms. The van der Waals surface area contributed by atoms with Crippen molar-refractivity contribution in [3.63, 3.8) is 0 Å². The van der Waals surface area contributed by atoms with Crippen LogP contribution >= 0.6 is 0 Å². The molecule has 0 saturated heterocycles. The lowest BCUT2D eigenvalue weighted by molar-refractivity contribution is -0.143. The number of benzene rings is 1. The summed E-state index contributed by atoms with van der Waals surface area (Å²) in [5.41, 5.74) is 8.67. The van der Waals surface area contributed by atoms with Gasteiger partial charge in [0.2, 0.25) is 0 Å². The van der Waals surface area contributed by atoms with Crippen LogP contribution in [0.25, 0.3) is 0 Å². The second-order valence-corrected chi connectivity index (χ2v) is 3.49. The molecular formula is C12H17NO2. The van der Waals surface area contributed by atoms with Gasteiger partial charge < -0.3 is 10.5 Å². The number of aryl methyl sites for hydroxylation is 2. The van der Waals surface area contributed by atoms with Crippen LogP contribution in [0.15, 0.2) is 18.2 Å². The Balaban J connectivity index is 2.54. The Morgan fingerprint density at radius 1 is 1.47 bits per heavy atom. The molecule has 0 aliphatic heterocycles. The van der Waals surface area contributed by atoms with Gasteiger partial charge in [-0.05, 0) is 43.5 Å². The van der Waals surface area contributed by atoms with Crippen LogP contribution in [0, 0.1) is 6.92 Å². The predicted octanol–water partition coefficient (Wildman–Crippen LogP) is 2.07. The lowest BCUT2D eigenvalue weighted by atomic mass is 10.0. The number of nitrogen functional groups attached to an aromatic ring is 1. The summed E-state index contributed by atoms with van der Waals surface area (Å²) in [6.07, 6.45) is 1.14. The molecule has 15 heavy (non-hydrogen) atoms. The number of nitrogens with two attached hydrogens (primary N) is 1. The van der Waals surface area contributed by atoms with Gasteiger partial charge in [-0.2, -0.15) is 0 Å². The van der Waals surface area contributed by atoms with E-state index in [2.05, 4.69) is 0 Å². The van der Waals surface area contributed by atoms with Crippen LogP contribution in [0.1, 0.15) is 24.5 Å².